The Bertz CT molecular complexity index is 954. The summed E-state index contributed by atoms with van der Waals surface area (Å²) < 4.78 is 23.2. The van der Waals surface area contributed by atoms with E-state index in [0.717, 1.165) is 45.9 Å². The van der Waals surface area contributed by atoms with E-state index in [4.69, 9.17) is 14.5 Å². The fourth-order valence-corrected chi connectivity index (χ4v) is 4.93. The Morgan fingerprint density at radius 3 is 2.59 bits per heavy atom. The number of ether oxygens (including phenoxy) is 2. The van der Waals surface area contributed by atoms with Crippen LogP contribution in [0.5, 0.6) is 11.5 Å². The number of aliphatic hydroxyl groups is 1. The molecule has 0 saturated heterocycles. The van der Waals surface area contributed by atoms with Gasteiger partial charge in [0.1, 0.15) is 0 Å². The van der Waals surface area contributed by atoms with Gasteiger partial charge in [0.15, 0.2) is 11.5 Å². The van der Waals surface area contributed by atoms with E-state index >= 15 is 0 Å². The lowest BCUT2D eigenvalue weighted by atomic mass is 9.74. The van der Waals surface area contributed by atoms with Crippen molar-refractivity contribution in [1.82, 2.24) is 0 Å². The van der Waals surface area contributed by atoms with Crippen molar-refractivity contribution in [2.24, 2.45) is 4.99 Å². The lowest BCUT2D eigenvalue weighted by molar-refractivity contribution is 0.111. The monoisotopic (exact) mass is 413 g/mol. The number of hydrogen-bond donors (Lipinski definition) is 1. The van der Waals surface area contributed by atoms with Crippen molar-refractivity contribution in [3.63, 3.8) is 0 Å². The van der Waals surface area contributed by atoms with E-state index in [1.807, 2.05) is 37.3 Å². The third-order valence-corrected chi connectivity index (χ3v) is 6.77. The Morgan fingerprint density at radius 1 is 1.17 bits per heavy atom. The van der Waals surface area contributed by atoms with Crippen LogP contribution in [0, 0.1) is 0 Å². The SMILES string of the molecule is CCOc1cc2c(cc1OC)C(c1ccc(S(C)=O)cc1)=N[C@@H]1CC[C@@H](O)C[C@H]21. The minimum Gasteiger partial charge on any atom is -0.493 e. The lowest BCUT2D eigenvalue weighted by Crippen LogP contribution is -2.34. The molecule has 4 rings (SSSR count). The summed E-state index contributed by atoms with van der Waals surface area (Å²) >= 11 is 0. The summed E-state index contributed by atoms with van der Waals surface area (Å²) in [5.41, 5.74) is 4.10. The fraction of sp³-hybridized carbons (Fsp3) is 0.435. The van der Waals surface area contributed by atoms with Crippen molar-refractivity contribution in [2.75, 3.05) is 20.0 Å². The van der Waals surface area contributed by atoms with E-state index < -0.39 is 10.8 Å². The van der Waals surface area contributed by atoms with Crippen LogP contribution >= 0.6 is 0 Å². The fourth-order valence-electron chi connectivity index (χ4n) is 4.41. The van der Waals surface area contributed by atoms with E-state index in [9.17, 15) is 9.32 Å². The maximum atomic E-state index is 11.8. The molecule has 2 aliphatic rings. The standard InChI is InChI=1S/C23H27NO4S/c1-4-28-22-12-17-18-11-15(25)7-10-20(18)24-23(19(17)13-21(22)27-2)14-5-8-16(9-6-14)29(3)26/h5-6,8-9,12-13,15,18,20,25H,4,7,10-11H2,1-3H3/t15-,18-,20-,29?/m1/s1. The normalized spacial score (nSPS) is 24.1. The summed E-state index contributed by atoms with van der Waals surface area (Å²) in [6, 6.07) is 12.0. The Morgan fingerprint density at radius 2 is 1.93 bits per heavy atom. The Balaban J connectivity index is 1.85. The predicted octanol–water partition coefficient (Wildman–Crippen LogP) is 3.68. The van der Waals surface area contributed by atoms with Crippen LogP contribution < -0.4 is 9.47 Å². The molecule has 0 spiro atoms. The van der Waals surface area contributed by atoms with Crippen LogP contribution in [0.3, 0.4) is 0 Å². The van der Waals surface area contributed by atoms with Gasteiger partial charge in [0.2, 0.25) is 0 Å². The van der Waals surface area contributed by atoms with Crippen molar-refractivity contribution in [3.8, 4) is 11.5 Å². The van der Waals surface area contributed by atoms with Gasteiger partial charge in [0.05, 0.1) is 31.6 Å². The third-order valence-electron chi connectivity index (χ3n) is 5.83. The topological polar surface area (TPSA) is 68.1 Å². The molecular weight excluding hydrogens is 386 g/mol. The van der Waals surface area contributed by atoms with Crippen molar-refractivity contribution in [2.45, 2.75) is 49.1 Å². The van der Waals surface area contributed by atoms with Crippen LogP contribution in [-0.4, -0.2) is 47.1 Å². The van der Waals surface area contributed by atoms with Crippen LogP contribution in [-0.2, 0) is 10.8 Å². The van der Waals surface area contributed by atoms with Gasteiger partial charge in [0, 0.05) is 39.0 Å². The molecule has 4 atom stereocenters. The van der Waals surface area contributed by atoms with Crippen molar-refractivity contribution in [1.29, 1.82) is 0 Å². The van der Waals surface area contributed by atoms with Crippen LogP contribution in [0.15, 0.2) is 46.3 Å². The highest BCUT2D eigenvalue weighted by Crippen LogP contribution is 2.45. The van der Waals surface area contributed by atoms with E-state index in [2.05, 4.69) is 6.07 Å². The molecule has 1 heterocycles. The predicted molar refractivity (Wildman–Crippen MR) is 115 cm³/mol. The summed E-state index contributed by atoms with van der Waals surface area (Å²) in [5, 5.41) is 10.3. The number of rotatable bonds is 5. The highest BCUT2D eigenvalue weighted by atomic mass is 32.2. The zero-order valence-electron chi connectivity index (χ0n) is 17.1. The number of benzene rings is 2. The molecule has 154 valence electrons. The van der Waals surface area contributed by atoms with E-state index in [-0.39, 0.29) is 18.1 Å². The number of fused-ring (bicyclic) bond motifs is 3. The van der Waals surface area contributed by atoms with Crippen molar-refractivity contribution >= 4 is 16.5 Å². The Kier molecular flexibility index (Phi) is 5.74. The Labute approximate surface area is 174 Å². The van der Waals surface area contributed by atoms with E-state index in [1.54, 1.807) is 13.4 Å². The van der Waals surface area contributed by atoms with E-state index in [1.165, 1.54) is 0 Å². The smallest absolute Gasteiger partial charge is 0.161 e. The number of aliphatic hydroxyl groups excluding tert-OH is 1. The van der Waals surface area contributed by atoms with Crippen LogP contribution in [0.25, 0.3) is 0 Å². The summed E-state index contributed by atoms with van der Waals surface area (Å²) in [5.74, 6) is 1.58. The molecule has 0 radical (unpaired) electrons. The molecular formula is C23H27NO4S. The number of aliphatic imine (C=N–C) groups is 1. The maximum Gasteiger partial charge on any atom is 0.161 e. The molecule has 2 aromatic rings. The van der Waals surface area contributed by atoms with Crippen molar-refractivity contribution in [3.05, 3.63) is 53.1 Å². The average Bonchev–Trinajstić information content (AvgIpc) is 2.73. The first kappa shape index (κ1) is 20.1. The largest absolute Gasteiger partial charge is 0.493 e. The van der Waals surface area contributed by atoms with Gasteiger partial charge in [-0.05, 0) is 56.0 Å². The van der Waals surface area contributed by atoms with Gasteiger partial charge in [-0.3, -0.25) is 9.20 Å². The van der Waals surface area contributed by atoms with Gasteiger partial charge in [-0.15, -0.1) is 0 Å². The van der Waals surface area contributed by atoms with Gasteiger partial charge in [-0.1, -0.05) is 12.1 Å². The molecule has 1 unspecified atom stereocenters. The summed E-state index contributed by atoms with van der Waals surface area (Å²) in [7, 11) is 0.629. The average molecular weight is 414 g/mol. The quantitative estimate of drug-likeness (QED) is 0.812. The summed E-state index contributed by atoms with van der Waals surface area (Å²) in [6.07, 6.45) is 3.73. The molecule has 29 heavy (non-hydrogen) atoms. The highest BCUT2D eigenvalue weighted by Gasteiger charge is 2.37. The van der Waals surface area contributed by atoms with Crippen LogP contribution in [0.1, 0.15) is 48.8 Å². The zero-order chi connectivity index (χ0) is 20.5. The number of hydrogen-bond acceptors (Lipinski definition) is 5. The zero-order valence-corrected chi connectivity index (χ0v) is 17.9. The molecule has 2 aromatic carbocycles. The highest BCUT2D eigenvalue weighted by molar-refractivity contribution is 7.84. The Hall–Kier alpha value is -2.18. The second-order valence-corrected chi connectivity index (χ2v) is 9.00. The first-order valence-electron chi connectivity index (χ1n) is 10.1. The molecule has 1 N–H and O–H groups in total. The minimum atomic E-state index is -1.01. The summed E-state index contributed by atoms with van der Waals surface area (Å²) in [4.78, 5) is 5.91. The van der Waals surface area contributed by atoms with Crippen molar-refractivity contribution < 1.29 is 18.8 Å². The molecule has 6 heteroatoms. The number of methoxy groups -OCH3 is 1. The second-order valence-electron chi connectivity index (χ2n) is 7.62. The minimum absolute atomic E-state index is 0.142. The molecule has 5 nitrogen and oxygen atoms in total. The van der Waals surface area contributed by atoms with E-state index in [0.29, 0.717) is 18.8 Å². The van der Waals surface area contributed by atoms with Crippen LogP contribution in [0.2, 0.25) is 0 Å². The molecule has 0 bridgehead atoms. The van der Waals surface area contributed by atoms with Gasteiger partial charge >= 0.3 is 0 Å². The molecule has 1 aliphatic carbocycles. The molecule has 0 amide bonds. The molecule has 1 saturated carbocycles. The molecule has 0 aromatic heterocycles. The first-order chi connectivity index (χ1) is 14.0. The second kappa shape index (κ2) is 8.28. The van der Waals surface area contributed by atoms with Crippen LogP contribution in [0.4, 0.5) is 0 Å². The molecule has 1 aliphatic heterocycles. The maximum absolute atomic E-state index is 11.8. The number of nitrogens with zero attached hydrogens (tertiary/aromatic N) is 1. The lowest BCUT2D eigenvalue weighted by Gasteiger charge is -2.37. The van der Waals surface area contributed by atoms with Gasteiger partial charge < -0.3 is 14.6 Å². The molecule has 1 fully saturated rings. The van der Waals surface area contributed by atoms with Gasteiger partial charge in [0.25, 0.3) is 0 Å². The summed E-state index contributed by atoms with van der Waals surface area (Å²) in [6.45, 7) is 2.51. The van der Waals surface area contributed by atoms with Gasteiger partial charge in [-0.2, -0.15) is 0 Å². The first-order valence-corrected chi connectivity index (χ1v) is 11.6. The third kappa shape index (κ3) is 3.83. The van der Waals surface area contributed by atoms with Gasteiger partial charge in [-0.25, -0.2) is 0 Å².